The van der Waals surface area contributed by atoms with Crippen molar-refractivity contribution in [3.63, 3.8) is 0 Å². The SMILES string of the molecule is COC(CNS(=O)(=O)c1cc(F)ccc1F)c1ccsc1. The lowest BCUT2D eigenvalue weighted by Gasteiger charge is -2.15. The van der Waals surface area contributed by atoms with Crippen molar-refractivity contribution in [1.29, 1.82) is 0 Å². The Morgan fingerprint density at radius 2 is 2.10 bits per heavy atom. The van der Waals surface area contributed by atoms with Crippen LogP contribution in [-0.2, 0) is 14.8 Å². The Morgan fingerprint density at radius 1 is 1.33 bits per heavy atom. The molecule has 1 unspecified atom stereocenters. The van der Waals surface area contributed by atoms with E-state index in [-0.39, 0.29) is 6.54 Å². The lowest BCUT2D eigenvalue weighted by atomic mass is 10.2. The van der Waals surface area contributed by atoms with Crippen molar-refractivity contribution in [2.75, 3.05) is 13.7 Å². The maximum absolute atomic E-state index is 13.5. The second-order valence-corrected chi connectivity index (χ2v) is 6.72. The largest absolute Gasteiger partial charge is 0.375 e. The number of ether oxygens (including phenoxy) is 1. The number of hydrogen-bond donors (Lipinski definition) is 1. The molecule has 0 fully saturated rings. The third-order valence-electron chi connectivity index (χ3n) is 2.84. The minimum atomic E-state index is -4.15. The molecule has 0 saturated heterocycles. The van der Waals surface area contributed by atoms with Crippen LogP contribution >= 0.6 is 11.3 Å². The van der Waals surface area contributed by atoms with E-state index in [4.69, 9.17) is 4.74 Å². The molecule has 114 valence electrons. The van der Waals surface area contributed by atoms with Gasteiger partial charge in [0.2, 0.25) is 10.0 Å². The van der Waals surface area contributed by atoms with E-state index in [0.29, 0.717) is 6.07 Å². The van der Waals surface area contributed by atoms with Crippen molar-refractivity contribution in [1.82, 2.24) is 4.72 Å². The lowest BCUT2D eigenvalue weighted by Crippen LogP contribution is -2.29. The quantitative estimate of drug-likeness (QED) is 0.884. The molecule has 0 bridgehead atoms. The summed E-state index contributed by atoms with van der Waals surface area (Å²) < 4.78 is 58.1. The highest BCUT2D eigenvalue weighted by Crippen LogP contribution is 2.20. The van der Waals surface area contributed by atoms with Gasteiger partial charge in [0.15, 0.2) is 0 Å². The molecule has 0 aliphatic rings. The Bertz CT molecular complexity index is 702. The first kappa shape index (κ1) is 16.0. The monoisotopic (exact) mass is 333 g/mol. The molecule has 4 nitrogen and oxygen atoms in total. The van der Waals surface area contributed by atoms with E-state index in [1.165, 1.54) is 18.4 Å². The summed E-state index contributed by atoms with van der Waals surface area (Å²) >= 11 is 1.45. The van der Waals surface area contributed by atoms with Crippen molar-refractivity contribution < 1.29 is 21.9 Å². The predicted octanol–water partition coefficient (Wildman–Crippen LogP) is 2.69. The Kier molecular flexibility index (Phi) is 5.04. The molecular formula is C13H13F2NO3S2. The van der Waals surface area contributed by atoms with Crippen molar-refractivity contribution >= 4 is 21.4 Å². The minimum absolute atomic E-state index is 0.0779. The van der Waals surface area contributed by atoms with Crippen LogP contribution in [-0.4, -0.2) is 22.1 Å². The van der Waals surface area contributed by atoms with Gasteiger partial charge in [-0.2, -0.15) is 11.3 Å². The standard InChI is InChI=1S/C13H13F2NO3S2/c1-19-12(9-4-5-20-8-9)7-16-21(17,18)13-6-10(14)2-3-11(13)15/h2-6,8,12,16H,7H2,1H3. The molecule has 0 saturated carbocycles. The zero-order chi connectivity index (χ0) is 15.5. The zero-order valence-electron chi connectivity index (χ0n) is 11.0. The van der Waals surface area contributed by atoms with Gasteiger partial charge >= 0.3 is 0 Å². The molecule has 0 aliphatic heterocycles. The van der Waals surface area contributed by atoms with Crippen LogP contribution in [0, 0.1) is 11.6 Å². The van der Waals surface area contributed by atoms with Gasteiger partial charge in [0.05, 0.1) is 6.10 Å². The number of sulfonamides is 1. The Hall–Kier alpha value is -1.35. The first-order valence-electron chi connectivity index (χ1n) is 5.93. The van der Waals surface area contributed by atoms with E-state index >= 15 is 0 Å². The summed E-state index contributed by atoms with van der Waals surface area (Å²) in [6.07, 6.45) is -0.498. The predicted molar refractivity (Wildman–Crippen MR) is 75.6 cm³/mol. The molecule has 0 radical (unpaired) electrons. The van der Waals surface area contributed by atoms with Crippen LogP contribution in [0.3, 0.4) is 0 Å². The second-order valence-electron chi connectivity index (χ2n) is 4.21. The first-order chi connectivity index (χ1) is 9.94. The fourth-order valence-electron chi connectivity index (χ4n) is 1.74. The van der Waals surface area contributed by atoms with Crippen LogP contribution in [0.15, 0.2) is 39.9 Å². The summed E-state index contributed by atoms with van der Waals surface area (Å²) in [5, 5.41) is 3.66. The molecule has 2 aromatic rings. The van der Waals surface area contributed by atoms with E-state index in [1.807, 2.05) is 10.8 Å². The van der Waals surface area contributed by atoms with E-state index < -0.39 is 32.7 Å². The molecular weight excluding hydrogens is 320 g/mol. The minimum Gasteiger partial charge on any atom is -0.375 e. The van der Waals surface area contributed by atoms with E-state index in [0.717, 1.165) is 17.7 Å². The number of hydrogen-bond acceptors (Lipinski definition) is 4. The number of rotatable bonds is 6. The molecule has 21 heavy (non-hydrogen) atoms. The van der Waals surface area contributed by atoms with Crippen LogP contribution in [0.4, 0.5) is 8.78 Å². The highest BCUT2D eigenvalue weighted by Gasteiger charge is 2.22. The van der Waals surface area contributed by atoms with Crippen molar-refractivity contribution in [2.45, 2.75) is 11.0 Å². The third-order valence-corrected chi connectivity index (χ3v) is 4.98. The number of thiophene rings is 1. The fourth-order valence-corrected chi connectivity index (χ4v) is 3.56. The molecule has 0 spiro atoms. The van der Waals surface area contributed by atoms with Crippen LogP contribution in [0.1, 0.15) is 11.7 Å². The molecule has 1 aromatic heterocycles. The highest BCUT2D eigenvalue weighted by atomic mass is 32.2. The Balaban J connectivity index is 2.16. The van der Waals surface area contributed by atoms with E-state index in [9.17, 15) is 17.2 Å². The molecule has 0 aliphatic carbocycles. The van der Waals surface area contributed by atoms with Gasteiger partial charge in [0.1, 0.15) is 16.5 Å². The van der Waals surface area contributed by atoms with Gasteiger partial charge < -0.3 is 4.74 Å². The average Bonchev–Trinajstić information content (AvgIpc) is 2.96. The van der Waals surface area contributed by atoms with Gasteiger partial charge in [-0.1, -0.05) is 0 Å². The Morgan fingerprint density at radius 3 is 2.71 bits per heavy atom. The number of benzene rings is 1. The van der Waals surface area contributed by atoms with Gasteiger partial charge in [0, 0.05) is 13.7 Å². The average molecular weight is 333 g/mol. The maximum Gasteiger partial charge on any atom is 0.243 e. The van der Waals surface area contributed by atoms with Gasteiger partial charge in [-0.25, -0.2) is 21.9 Å². The van der Waals surface area contributed by atoms with Crippen LogP contribution in [0.5, 0.6) is 0 Å². The summed E-state index contributed by atoms with van der Waals surface area (Å²) in [5.41, 5.74) is 0.810. The van der Waals surface area contributed by atoms with Crippen LogP contribution in [0.2, 0.25) is 0 Å². The molecule has 1 atom stereocenters. The number of halogens is 2. The molecule has 8 heteroatoms. The smallest absolute Gasteiger partial charge is 0.243 e. The summed E-state index contributed by atoms with van der Waals surface area (Å²) in [7, 11) is -2.71. The summed E-state index contributed by atoms with van der Waals surface area (Å²) in [6, 6.07) is 4.08. The fraction of sp³-hybridized carbons (Fsp3) is 0.231. The highest BCUT2D eigenvalue weighted by molar-refractivity contribution is 7.89. The molecule has 1 aromatic carbocycles. The number of nitrogens with one attached hydrogen (secondary N) is 1. The summed E-state index contributed by atoms with van der Waals surface area (Å²) in [6.45, 7) is -0.0779. The molecule has 1 N–H and O–H groups in total. The topological polar surface area (TPSA) is 55.4 Å². The van der Waals surface area contributed by atoms with Gasteiger partial charge in [-0.3, -0.25) is 0 Å². The number of methoxy groups -OCH3 is 1. The zero-order valence-corrected chi connectivity index (χ0v) is 12.7. The van der Waals surface area contributed by atoms with Gasteiger partial charge in [-0.15, -0.1) is 0 Å². The third kappa shape index (κ3) is 3.85. The molecule has 1 heterocycles. The Labute approximate surface area is 125 Å². The summed E-state index contributed by atoms with van der Waals surface area (Å²) in [4.78, 5) is -0.720. The van der Waals surface area contributed by atoms with E-state index in [1.54, 1.807) is 6.07 Å². The second kappa shape index (κ2) is 6.61. The maximum atomic E-state index is 13.5. The first-order valence-corrected chi connectivity index (χ1v) is 8.36. The van der Waals surface area contributed by atoms with Crippen LogP contribution in [0.25, 0.3) is 0 Å². The summed E-state index contributed by atoms with van der Waals surface area (Å²) in [5.74, 6) is -1.83. The van der Waals surface area contributed by atoms with E-state index in [2.05, 4.69) is 4.72 Å². The van der Waals surface area contributed by atoms with Crippen molar-refractivity contribution in [3.05, 3.63) is 52.2 Å². The van der Waals surface area contributed by atoms with Crippen molar-refractivity contribution in [2.24, 2.45) is 0 Å². The van der Waals surface area contributed by atoms with Gasteiger partial charge in [-0.05, 0) is 40.6 Å². The molecule has 2 rings (SSSR count). The normalized spacial score (nSPS) is 13.3. The van der Waals surface area contributed by atoms with Crippen molar-refractivity contribution in [3.8, 4) is 0 Å². The van der Waals surface area contributed by atoms with Gasteiger partial charge in [0.25, 0.3) is 0 Å². The lowest BCUT2D eigenvalue weighted by molar-refractivity contribution is 0.107. The van der Waals surface area contributed by atoms with Crippen LogP contribution < -0.4 is 4.72 Å². The molecule has 0 amide bonds.